The molecule has 1 atom stereocenters. The van der Waals surface area contributed by atoms with Gasteiger partial charge in [-0.1, -0.05) is 33.6 Å². The largest absolute Gasteiger partial charge is 0.176 e. The predicted molar refractivity (Wildman–Crippen MR) is 51.8 cm³/mol. The first-order valence-corrected chi connectivity index (χ1v) is 4.90. The Labute approximate surface area is 70.8 Å². The second kappa shape index (κ2) is 6.09. The van der Waals surface area contributed by atoms with Gasteiger partial charge in [-0.15, -0.1) is 0 Å². The molecule has 10 heavy (non-hydrogen) atoms. The molecule has 0 amide bonds. The molecule has 0 fully saturated rings. The third-order valence-electron chi connectivity index (χ3n) is 2.15. The predicted octanol–water partition coefficient (Wildman–Crippen LogP) is 3.52. The molecule has 0 radical (unpaired) electrons. The van der Waals surface area contributed by atoms with E-state index in [0.717, 1.165) is 5.92 Å². The van der Waals surface area contributed by atoms with E-state index in [4.69, 9.17) is 0 Å². The van der Waals surface area contributed by atoms with Gasteiger partial charge in [0.15, 0.2) is 0 Å². The minimum Gasteiger partial charge on any atom is -0.176 e. The first kappa shape index (κ1) is 10.3. The number of rotatable bonds is 5. The van der Waals surface area contributed by atoms with E-state index in [-0.39, 0.29) is 0 Å². The van der Waals surface area contributed by atoms with Crippen LogP contribution in [0.2, 0.25) is 0 Å². The molecule has 1 unspecified atom stereocenters. The summed E-state index contributed by atoms with van der Waals surface area (Å²) < 4.78 is 0. The van der Waals surface area contributed by atoms with Crippen LogP contribution in [-0.4, -0.2) is 5.25 Å². The van der Waals surface area contributed by atoms with E-state index in [0.29, 0.717) is 5.25 Å². The van der Waals surface area contributed by atoms with Gasteiger partial charge in [0.1, 0.15) is 0 Å². The lowest BCUT2D eigenvalue weighted by Crippen LogP contribution is -2.00. The Kier molecular flexibility index (Phi) is 6.30. The fraction of sp³-hybridized carbons (Fsp3) is 1.00. The molecule has 0 N–H and O–H groups in total. The zero-order valence-electron chi connectivity index (χ0n) is 7.43. The van der Waals surface area contributed by atoms with Gasteiger partial charge in [0.05, 0.1) is 0 Å². The van der Waals surface area contributed by atoms with E-state index >= 15 is 0 Å². The number of hydrogen-bond acceptors (Lipinski definition) is 1. The first-order valence-electron chi connectivity index (χ1n) is 4.38. The third-order valence-corrected chi connectivity index (χ3v) is 2.41. The lowest BCUT2D eigenvalue weighted by molar-refractivity contribution is 0.441. The van der Waals surface area contributed by atoms with Gasteiger partial charge < -0.3 is 0 Å². The van der Waals surface area contributed by atoms with E-state index in [1.807, 2.05) is 0 Å². The van der Waals surface area contributed by atoms with Crippen LogP contribution in [0.4, 0.5) is 0 Å². The maximum atomic E-state index is 4.35. The van der Waals surface area contributed by atoms with E-state index in [9.17, 15) is 0 Å². The maximum absolute atomic E-state index is 4.35. The summed E-state index contributed by atoms with van der Waals surface area (Å²) >= 11 is 4.35. The SMILES string of the molecule is CCC(CC)CCC(C)S. The van der Waals surface area contributed by atoms with Crippen LogP contribution in [0.25, 0.3) is 0 Å². The Morgan fingerprint density at radius 3 is 1.90 bits per heavy atom. The molecule has 0 bridgehead atoms. The van der Waals surface area contributed by atoms with Crippen molar-refractivity contribution < 1.29 is 0 Å². The molecular weight excluding hydrogens is 140 g/mol. The highest BCUT2D eigenvalue weighted by Crippen LogP contribution is 2.17. The summed E-state index contributed by atoms with van der Waals surface area (Å²) in [4.78, 5) is 0. The van der Waals surface area contributed by atoms with E-state index < -0.39 is 0 Å². The number of hydrogen-bond donors (Lipinski definition) is 1. The minimum absolute atomic E-state index is 0.584. The van der Waals surface area contributed by atoms with Crippen molar-refractivity contribution in [2.45, 2.75) is 51.7 Å². The summed E-state index contributed by atoms with van der Waals surface area (Å²) in [5.41, 5.74) is 0. The van der Waals surface area contributed by atoms with Crippen LogP contribution in [0.1, 0.15) is 46.5 Å². The molecule has 62 valence electrons. The second-order valence-corrected chi connectivity index (χ2v) is 3.99. The van der Waals surface area contributed by atoms with Gasteiger partial charge in [-0.2, -0.15) is 12.6 Å². The third kappa shape index (κ3) is 5.16. The average molecular weight is 160 g/mol. The monoisotopic (exact) mass is 160 g/mol. The van der Waals surface area contributed by atoms with Crippen molar-refractivity contribution in [3.63, 3.8) is 0 Å². The van der Waals surface area contributed by atoms with Gasteiger partial charge in [0.25, 0.3) is 0 Å². The molecule has 1 heteroatoms. The maximum Gasteiger partial charge on any atom is -0.00115 e. The fourth-order valence-corrected chi connectivity index (χ4v) is 1.32. The highest BCUT2D eigenvalue weighted by Gasteiger charge is 2.03. The number of thiol groups is 1. The van der Waals surface area contributed by atoms with Crippen molar-refractivity contribution in [2.75, 3.05) is 0 Å². The first-order chi connectivity index (χ1) is 4.70. The molecule has 0 nitrogen and oxygen atoms in total. The van der Waals surface area contributed by atoms with E-state index in [2.05, 4.69) is 33.4 Å². The van der Waals surface area contributed by atoms with E-state index in [1.54, 1.807) is 0 Å². The van der Waals surface area contributed by atoms with Crippen molar-refractivity contribution in [2.24, 2.45) is 5.92 Å². The van der Waals surface area contributed by atoms with Crippen LogP contribution in [0.3, 0.4) is 0 Å². The van der Waals surface area contributed by atoms with Crippen molar-refractivity contribution in [3.8, 4) is 0 Å². The molecule has 0 aromatic rings. The van der Waals surface area contributed by atoms with Crippen molar-refractivity contribution >= 4 is 12.6 Å². The smallest absolute Gasteiger partial charge is 0.00115 e. The average Bonchev–Trinajstić information content (AvgIpc) is 1.90. The van der Waals surface area contributed by atoms with Crippen LogP contribution in [-0.2, 0) is 0 Å². The van der Waals surface area contributed by atoms with Crippen molar-refractivity contribution in [3.05, 3.63) is 0 Å². The van der Waals surface area contributed by atoms with Crippen LogP contribution < -0.4 is 0 Å². The summed E-state index contributed by atoms with van der Waals surface area (Å²) in [6, 6.07) is 0. The topological polar surface area (TPSA) is 0 Å². The lowest BCUT2D eigenvalue weighted by atomic mass is 9.97. The van der Waals surface area contributed by atoms with E-state index in [1.165, 1.54) is 25.7 Å². The second-order valence-electron chi connectivity index (χ2n) is 3.11. The fourth-order valence-electron chi connectivity index (χ4n) is 1.17. The summed E-state index contributed by atoms with van der Waals surface area (Å²) in [5, 5.41) is 0.584. The van der Waals surface area contributed by atoms with Gasteiger partial charge in [-0.25, -0.2) is 0 Å². The van der Waals surface area contributed by atoms with Crippen molar-refractivity contribution in [1.29, 1.82) is 0 Å². The molecule has 0 rings (SSSR count). The Morgan fingerprint density at radius 1 is 1.10 bits per heavy atom. The molecule has 0 saturated heterocycles. The highest BCUT2D eigenvalue weighted by molar-refractivity contribution is 7.80. The zero-order valence-corrected chi connectivity index (χ0v) is 8.32. The zero-order chi connectivity index (χ0) is 7.98. The molecule has 0 heterocycles. The molecule has 0 aliphatic carbocycles. The van der Waals surface area contributed by atoms with Gasteiger partial charge in [-0.05, 0) is 24.0 Å². The minimum atomic E-state index is 0.584. The van der Waals surface area contributed by atoms with Crippen LogP contribution in [0, 0.1) is 5.92 Å². The van der Waals surface area contributed by atoms with Gasteiger partial charge >= 0.3 is 0 Å². The summed E-state index contributed by atoms with van der Waals surface area (Å²) in [5.74, 6) is 0.939. The van der Waals surface area contributed by atoms with Crippen molar-refractivity contribution in [1.82, 2.24) is 0 Å². The van der Waals surface area contributed by atoms with Crippen LogP contribution in [0.5, 0.6) is 0 Å². The van der Waals surface area contributed by atoms with Crippen LogP contribution in [0.15, 0.2) is 0 Å². The lowest BCUT2D eigenvalue weighted by Gasteiger charge is -2.12. The van der Waals surface area contributed by atoms with Crippen LogP contribution >= 0.6 is 12.6 Å². The highest BCUT2D eigenvalue weighted by atomic mass is 32.1. The van der Waals surface area contributed by atoms with Gasteiger partial charge in [0.2, 0.25) is 0 Å². The molecule has 0 aliphatic heterocycles. The normalized spacial score (nSPS) is 14.1. The quantitative estimate of drug-likeness (QED) is 0.584. The molecule has 0 aromatic heterocycles. The standard InChI is InChI=1S/C9H20S/c1-4-9(5-2)7-6-8(3)10/h8-10H,4-7H2,1-3H3. The molecule has 0 spiro atoms. The summed E-state index contributed by atoms with van der Waals surface area (Å²) in [7, 11) is 0. The Balaban J connectivity index is 3.26. The molecule has 0 saturated carbocycles. The summed E-state index contributed by atoms with van der Waals surface area (Å²) in [6.07, 6.45) is 5.29. The van der Waals surface area contributed by atoms with Gasteiger partial charge in [0, 0.05) is 0 Å². The Bertz CT molecular complexity index is 65.1. The Hall–Kier alpha value is 0.350. The molecular formula is C9H20S. The van der Waals surface area contributed by atoms with Gasteiger partial charge in [-0.3, -0.25) is 0 Å². The Morgan fingerprint density at radius 2 is 1.60 bits per heavy atom. The molecule has 0 aliphatic rings. The summed E-state index contributed by atoms with van der Waals surface area (Å²) in [6.45, 7) is 6.72. The molecule has 0 aromatic carbocycles.